The summed E-state index contributed by atoms with van der Waals surface area (Å²) in [6.07, 6.45) is 0. The summed E-state index contributed by atoms with van der Waals surface area (Å²) in [7, 11) is 0. The maximum Gasteiger partial charge on any atom is 0.331 e. The Morgan fingerprint density at radius 2 is 1.79 bits per heavy atom. The van der Waals surface area contributed by atoms with Crippen LogP contribution in [0.2, 0.25) is 0 Å². The fourth-order valence-electron chi connectivity index (χ4n) is 0.665. The molecule has 4 nitrogen and oxygen atoms in total. The molecule has 0 aliphatic rings. The van der Waals surface area contributed by atoms with Crippen LogP contribution in [-0.2, 0) is 19.1 Å². The third-order valence-electron chi connectivity index (χ3n) is 1.11. The maximum atomic E-state index is 11.3. The van der Waals surface area contributed by atoms with Crippen LogP contribution in [0.25, 0.3) is 0 Å². The van der Waals surface area contributed by atoms with Gasteiger partial charge in [-0.1, -0.05) is 15.9 Å². The van der Waals surface area contributed by atoms with Crippen molar-refractivity contribution >= 4 is 27.9 Å². The van der Waals surface area contributed by atoms with E-state index in [-0.39, 0.29) is 6.61 Å². The molecule has 1 atom stereocenters. The van der Waals surface area contributed by atoms with E-state index in [1.165, 1.54) is 0 Å². The lowest BCUT2D eigenvalue weighted by Crippen LogP contribution is -2.34. The van der Waals surface area contributed by atoms with Gasteiger partial charge < -0.3 is 9.47 Å². The molecule has 0 saturated carbocycles. The van der Waals surface area contributed by atoms with Crippen LogP contribution in [0.4, 0.5) is 0 Å². The second kappa shape index (κ2) is 5.34. The molecule has 0 amide bonds. The monoisotopic (exact) mass is 266 g/mol. The first kappa shape index (κ1) is 13.4. The van der Waals surface area contributed by atoms with Crippen molar-refractivity contribution < 1.29 is 19.1 Å². The number of alkyl halides is 1. The van der Waals surface area contributed by atoms with E-state index < -0.39 is 22.4 Å². The Hall–Kier alpha value is -0.580. The van der Waals surface area contributed by atoms with E-state index in [2.05, 4.69) is 20.7 Å². The van der Waals surface area contributed by atoms with Crippen LogP contribution in [0.1, 0.15) is 27.7 Å². The highest BCUT2D eigenvalue weighted by molar-refractivity contribution is 9.10. The Morgan fingerprint density at radius 3 is 2.14 bits per heavy atom. The van der Waals surface area contributed by atoms with Crippen molar-refractivity contribution in [2.45, 2.75) is 38.1 Å². The number of hydrogen-bond donors (Lipinski definition) is 0. The van der Waals surface area contributed by atoms with Crippen molar-refractivity contribution in [3.8, 4) is 0 Å². The smallest absolute Gasteiger partial charge is 0.331 e. The van der Waals surface area contributed by atoms with Crippen molar-refractivity contribution in [3.63, 3.8) is 0 Å². The first-order valence-corrected chi connectivity index (χ1v) is 5.23. The van der Waals surface area contributed by atoms with E-state index in [4.69, 9.17) is 4.74 Å². The van der Waals surface area contributed by atoms with Gasteiger partial charge in [-0.15, -0.1) is 0 Å². The molecule has 0 bridgehead atoms. The van der Waals surface area contributed by atoms with Gasteiger partial charge in [0.2, 0.25) is 4.83 Å². The molecule has 82 valence electrons. The van der Waals surface area contributed by atoms with Gasteiger partial charge in [0.1, 0.15) is 5.60 Å². The van der Waals surface area contributed by atoms with Crippen LogP contribution in [0.15, 0.2) is 0 Å². The number of esters is 2. The molecular weight excluding hydrogens is 252 g/mol. The molecule has 14 heavy (non-hydrogen) atoms. The third kappa shape index (κ3) is 5.21. The zero-order valence-corrected chi connectivity index (χ0v) is 10.4. The number of carbonyl (C=O) groups excluding carboxylic acids is 2. The molecule has 0 aliphatic heterocycles. The van der Waals surface area contributed by atoms with Crippen molar-refractivity contribution in [1.82, 2.24) is 0 Å². The normalized spacial score (nSPS) is 13.2. The van der Waals surface area contributed by atoms with E-state index in [1.807, 2.05) is 0 Å². The fraction of sp³-hybridized carbons (Fsp3) is 0.778. The average Bonchev–Trinajstić information content (AvgIpc) is 2.00. The van der Waals surface area contributed by atoms with Gasteiger partial charge in [0.25, 0.3) is 0 Å². The Morgan fingerprint density at radius 1 is 1.29 bits per heavy atom. The molecule has 0 heterocycles. The SMILES string of the molecule is CCOC(=O)C(Br)C(=O)OC(C)(C)C. The summed E-state index contributed by atoms with van der Waals surface area (Å²) in [5, 5.41) is 0. The molecule has 0 rings (SSSR count). The van der Waals surface area contributed by atoms with Gasteiger partial charge in [0.15, 0.2) is 0 Å². The van der Waals surface area contributed by atoms with Gasteiger partial charge >= 0.3 is 11.9 Å². The van der Waals surface area contributed by atoms with Gasteiger partial charge in [0.05, 0.1) is 6.61 Å². The van der Waals surface area contributed by atoms with Crippen LogP contribution >= 0.6 is 15.9 Å². The molecule has 5 heteroatoms. The van der Waals surface area contributed by atoms with Gasteiger partial charge in [-0.25, -0.2) is 0 Å². The van der Waals surface area contributed by atoms with Gasteiger partial charge in [0, 0.05) is 0 Å². The Kier molecular flexibility index (Phi) is 5.12. The average molecular weight is 267 g/mol. The van der Waals surface area contributed by atoms with E-state index in [0.717, 1.165) is 0 Å². The summed E-state index contributed by atoms with van der Waals surface area (Å²) in [6.45, 7) is 7.11. The molecule has 1 unspecified atom stereocenters. The zero-order chi connectivity index (χ0) is 11.4. The molecule has 0 aromatic heterocycles. The van der Waals surface area contributed by atoms with Crippen molar-refractivity contribution in [2.75, 3.05) is 6.61 Å². The van der Waals surface area contributed by atoms with Crippen LogP contribution in [0.5, 0.6) is 0 Å². The lowest BCUT2D eigenvalue weighted by Gasteiger charge is -2.20. The lowest BCUT2D eigenvalue weighted by molar-refractivity contribution is -0.160. The molecule has 0 aliphatic carbocycles. The van der Waals surface area contributed by atoms with Crippen LogP contribution in [0.3, 0.4) is 0 Å². The van der Waals surface area contributed by atoms with E-state index in [0.29, 0.717) is 0 Å². The number of ether oxygens (including phenoxy) is 2. The Labute approximate surface area is 92.1 Å². The molecule has 0 spiro atoms. The largest absolute Gasteiger partial charge is 0.465 e. The predicted molar refractivity (Wildman–Crippen MR) is 55.2 cm³/mol. The minimum atomic E-state index is -1.04. The van der Waals surface area contributed by atoms with Gasteiger partial charge in [-0.2, -0.15) is 0 Å². The number of halogens is 1. The summed E-state index contributed by atoms with van der Waals surface area (Å²) in [6, 6.07) is 0. The van der Waals surface area contributed by atoms with E-state index in [1.54, 1.807) is 27.7 Å². The van der Waals surface area contributed by atoms with Crippen LogP contribution < -0.4 is 0 Å². The van der Waals surface area contributed by atoms with Crippen molar-refractivity contribution in [2.24, 2.45) is 0 Å². The Balaban J connectivity index is 4.19. The molecule has 0 N–H and O–H groups in total. The number of carbonyl (C=O) groups is 2. The predicted octanol–water partition coefficient (Wildman–Crippen LogP) is 1.65. The van der Waals surface area contributed by atoms with Crippen molar-refractivity contribution in [3.05, 3.63) is 0 Å². The second-order valence-electron chi connectivity index (χ2n) is 3.65. The lowest BCUT2D eigenvalue weighted by atomic mass is 10.2. The summed E-state index contributed by atoms with van der Waals surface area (Å²) < 4.78 is 9.63. The summed E-state index contributed by atoms with van der Waals surface area (Å²) in [4.78, 5) is 21.4. The molecule has 0 saturated heterocycles. The second-order valence-corrected chi connectivity index (χ2v) is 4.56. The van der Waals surface area contributed by atoms with Gasteiger partial charge in [-0.05, 0) is 27.7 Å². The number of rotatable bonds is 3. The molecule has 0 fully saturated rings. The molecular formula is C9H15BrO4. The molecule has 0 radical (unpaired) electrons. The topological polar surface area (TPSA) is 52.6 Å². The minimum Gasteiger partial charge on any atom is -0.465 e. The fourth-order valence-corrected chi connectivity index (χ4v) is 0.891. The standard InChI is InChI=1S/C9H15BrO4/c1-5-13-7(11)6(10)8(12)14-9(2,3)4/h6H,5H2,1-4H3. The summed E-state index contributed by atoms with van der Waals surface area (Å²) >= 11 is 2.91. The molecule has 0 aromatic carbocycles. The van der Waals surface area contributed by atoms with E-state index in [9.17, 15) is 9.59 Å². The highest BCUT2D eigenvalue weighted by Crippen LogP contribution is 2.13. The Bertz CT molecular complexity index is 219. The van der Waals surface area contributed by atoms with Crippen molar-refractivity contribution in [1.29, 1.82) is 0 Å². The highest BCUT2D eigenvalue weighted by Gasteiger charge is 2.29. The maximum absolute atomic E-state index is 11.3. The number of hydrogen-bond acceptors (Lipinski definition) is 4. The third-order valence-corrected chi connectivity index (χ3v) is 1.85. The molecule has 0 aromatic rings. The zero-order valence-electron chi connectivity index (χ0n) is 8.80. The van der Waals surface area contributed by atoms with E-state index >= 15 is 0 Å². The van der Waals surface area contributed by atoms with Crippen LogP contribution in [-0.4, -0.2) is 29.0 Å². The van der Waals surface area contributed by atoms with Crippen LogP contribution in [0, 0.1) is 0 Å². The first-order valence-electron chi connectivity index (χ1n) is 4.31. The highest BCUT2D eigenvalue weighted by atomic mass is 79.9. The first-order chi connectivity index (χ1) is 6.28. The summed E-state index contributed by atoms with van der Waals surface area (Å²) in [5.74, 6) is -1.25. The van der Waals surface area contributed by atoms with Gasteiger partial charge in [-0.3, -0.25) is 9.59 Å². The summed E-state index contributed by atoms with van der Waals surface area (Å²) in [5.41, 5.74) is -0.602. The minimum absolute atomic E-state index is 0.240. The quantitative estimate of drug-likeness (QED) is 0.443.